The van der Waals surface area contributed by atoms with E-state index in [9.17, 15) is 23.1 Å². The third kappa shape index (κ3) is 6.23. The number of aryl methyl sites for hydroxylation is 2. The number of aliphatic carboxylic acids is 1. The highest BCUT2D eigenvalue weighted by molar-refractivity contribution is 7.90. The van der Waals surface area contributed by atoms with E-state index in [1.54, 1.807) is 45.4 Å². The fraction of sp³-hybridized carbons (Fsp3) is 0.483. The van der Waals surface area contributed by atoms with Crippen LogP contribution in [0.25, 0.3) is 22.2 Å². The Balaban J connectivity index is 2.03. The van der Waals surface area contributed by atoms with E-state index in [-0.39, 0.29) is 29.3 Å². The van der Waals surface area contributed by atoms with Crippen LogP contribution in [-0.2, 0) is 32.8 Å². The summed E-state index contributed by atoms with van der Waals surface area (Å²) >= 11 is 0. The summed E-state index contributed by atoms with van der Waals surface area (Å²) in [6, 6.07) is 2.91. The lowest BCUT2D eigenvalue weighted by Gasteiger charge is -2.29. The molecule has 41 heavy (non-hydrogen) atoms. The minimum absolute atomic E-state index is 0.0839. The number of carbonyl (C=O) groups is 2. The summed E-state index contributed by atoms with van der Waals surface area (Å²) in [5.74, 6) is -2.36. The van der Waals surface area contributed by atoms with Crippen LogP contribution >= 0.6 is 0 Å². The number of fused-ring (bicyclic) bond motifs is 2. The normalized spacial score (nSPS) is 14.4. The van der Waals surface area contributed by atoms with Crippen molar-refractivity contribution in [2.75, 3.05) is 25.2 Å². The second-order valence-electron chi connectivity index (χ2n) is 11.4. The van der Waals surface area contributed by atoms with E-state index in [1.165, 1.54) is 6.07 Å². The van der Waals surface area contributed by atoms with Crippen molar-refractivity contribution in [2.45, 2.75) is 59.2 Å². The maximum atomic E-state index is 15.5. The van der Waals surface area contributed by atoms with Crippen molar-refractivity contribution in [3.8, 4) is 16.9 Å². The molecule has 12 heteroatoms. The van der Waals surface area contributed by atoms with Crippen molar-refractivity contribution in [3.63, 3.8) is 0 Å². The standard InChI is InChI=1S/C29H36FN3O7S/c1-15-17-9-8-11-39-24(17)20(30)13-18(15)23-19-14-21(27(34)31-10-12-41(7,37)38)33(6)26(19)32-16(2)22(23)25(28(35)36)40-29(3,4)5/h13-14,25H,8-12H2,1-7H3,(H,31,34)(H,35,36)/t25-/m0/s1. The average Bonchev–Trinajstić information content (AvgIpc) is 3.18. The molecule has 0 radical (unpaired) electrons. The summed E-state index contributed by atoms with van der Waals surface area (Å²) in [6.07, 6.45) is 0.949. The van der Waals surface area contributed by atoms with E-state index in [0.29, 0.717) is 52.9 Å². The summed E-state index contributed by atoms with van der Waals surface area (Å²) < 4.78 is 51.8. The van der Waals surface area contributed by atoms with Crippen LogP contribution in [0, 0.1) is 19.7 Å². The highest BCUT2D eigenvalue weighted by Crippen LogP contribution is 2.44. The molecule has 0 spiro atoms. The Morgan fingerprint density at radius 2 is 1.95 bits per heavy atom. The molecule has 1 aromatic carbocycles. The zero-order valence-electron chi connectivity index (χ0n) is 24.3. The molecule has 0 aliphatic carbocycles. The number of pyridine rings is 1. The van der Waals surface area contributed by atoms with E-state index >= 15 is 4.39 Å². The maximum Gasteiger partial charge on any atom is 0.337 e. The van der Waals surface area contributed by atoms with Gasteiger partial charge in [-0.1, -0.05) is 0 Å². The number of carbonyl (C=O) groups excluding carboxylic acids is 1. The molecule has 3 heterocycles. The summed E-state index contributed by atoms with van der Waals surface area (Å²) in [4.78, 5) is 30.5. The number of rotatable bonds is 8. The van der Waals surface area contributed by atoms with Gasteiger partial charge in [0.25, 0.3) is 5.91 Å². The lowest BCUT2D eigenvalue weighted by molar-refractivity contribution is -0.160. The highest BCUT2D eigenvalue weighted by Gasteiger charge is 2.34. The Labute approximate surface area is 238 Å². The summed E-state index contributed by atoms with van der Waals surface area (Å²) in [5.41, 5.74) is 2.63. The number of hydrogen-bond acceptors (Lipinski definition) is 7. The topological polar surface area (TPSA) is 137 Å². The molecule has 0 saturated heterocycles. The number of amides is 1. The Bertz CT molecular complexity index is 1660. The fourth-order valence-corrected chi connectivity index (χ4v) is 5.70. The van der Waals surface area contributed by atoms with Gasteiger partial charge in [0, 0.05) is 47.6 Å². The van der Waals surface area contributed by atoms with E-state index in [0.717, 1.165) is 11.8 Å². The smallest absolute Gasteiger partial charge is 0.337 e. The van der Waals surface area contributed by atoms with Gasteiger partial charge >= 0.3 is 5.97 Å². The van der Waals surface area contributed by atoms with Crippen molar-refractivity contribution in [3.05, 3.63) is 46.0 Å². The number of aromatic nitrogens is 2. The molecule has 2 aromatic heterocycles. The number of carboxylic acid groups (broad SMARTS) is 1. The van der Waals surface area contributed by atoms with Gasteiger partial charge in [-0.3, -0.25) is 4.79 Å². The first-order valence-electron chi connectivity index (χ1n) is 13.3. The third-order valence-corrected chi connectivity index (χ3v) is 8.00. The van der Waals surface area contributed by atoms with Gasteiger partial charge in [0.1, 0.15) is 21.2 Å². The Kier molecular flexibility index (Phi) is 8.21. The minimum atomic E-state index is -3.29. The number of halogens is 1. The number of nitrogens with zero attached hydrogens (tertiary/aromatic N) is 2. The van der Waals surface area contributed by atoms with Gasteiger partial charge in [0.15, 0.2) is 17.7 Å². The number of sulfone groups is 1. The first-order chi connectivity index (χ1) is 19.0. The van der Waals surface area contributed by atoms with Crippen LogP contribution in [0.5, 0.6) is 5.75 Å². The number of carboxylic acids is 1. The molecular weight excluding hydrogens is 553 g/mol. The molecule has 1 aliphatic heterocycles. The molecule has 0 saturated carbocycles. The number of nitrogens with one attached hydrogen (secondary N) is 1. The van der Waals surface area contributed by atoms with Crippen LogP contribution in [0.3, 0.4) is 0 Å². The zero-order valence-corrected chi connectivity index (χ0v) is 25.2. The second kappa shape index (κ2) is 11.1. The zero-order chi connectivity index (χ0) is 30.4. The molecule has 3 aromatic rings. The molecule has 1 aliphatic rings. The van der Waals surface area contributed by atoms with Gasteiger partial charge in [-0.15, -0.1) is 0 Å². The number of benzene rings is 1. The van der Waals surface area contributed by atoms with Crippen molar-refractivity contribution in [1.29, 1.82) is 0 Å². The predicted octanol–water partition coefficient (Wildman–Crippen LogP) is 4.04. The lowest BCUT2D eigenvalue weighted by Crippen LogP contribution is -2.30. The van der Waals surface area contributed by atoms with Gasteiger partial charge in [0.2, 0.25) is 0 Å². The summed E-state index contributed by atoms with van der Waals surface area (Å²) in [6.45, 7) is 9.05. The average molecular weight is 590 g/mol. The van der Waals surface area contributed by atoms with Gasteiger partial charge in [-0.25, -0.2) is 22.6 Å². The maximum absolute atomic E-state index is 15.5. The quantitative estimate of drug-likeness (QED) is 0.402. The summed E-state index contributed by atoms with van der Waals surface area (Å²) in [5, 5.41) is 13.4. The van der Waals surface area contributed by atoms with Crippen molar-refractivity contribution in [1.82, 2.24) is 14.9 Å². The second-order valence-corrected chi connectivity index (χ2v) is 13.7. The Hall–Kier alpha value is -3.51. The van der Waals surface area contributed by atoms with Crippen LogP contribution in [-0.4, -0.2) is 65.7 Å². The van der Waals surface area contributed by atoms with Gasteiger partial charge in [-0.05, 0) is 70.7 Å². The Morgan fingerprint density at radius 3 is 2.56 bits per heavy atom. The number of hydrogen-bond donors (Lipinski definition) is 2. The van der Waals surface area contributed by atoms with Gasteiger partial charge in [0.05, 0.1) is 18.0 Å². The van der Waals surface area contributed by atoms with Crippen molar-refractivity contribution < 1.29 is 37.0 Å². The fourth-order valence-electron chi connectivity index (χ4n) is 5.23. The van der Waals surface area contributed by atoms with Gasteiger partial charge < -0.3 is 24.5 Å². The van der Waals surface area contributed by atoms with Crippen LogP contribution in [0.4, 0.5) is 4.39 Å². The van der Waals surface area contributed by atoms with Crippen LogP contribution in [0.1, 0.15) is 66.2 Å². The van der Waals surface area contributed by atoms with E-state index in [4.69, 9.17) is 9.47 Å². The molecule has 4 rings (SSSR count). The SMILES string of the molecule is Cc1nc2c(cc(C(=O)NCCS(C)(=O)=O)n2C)c(-c2cc(F)c3c(c2C)CCCO3)c1[C@H](OC(C)(C)C)C(=O)O. The first-order valence-corrected chi connectivity index (χ1v) is 15.4. The highest BCUT2D eigenvalue weighted by atomic mass is 32.2. The van der Waals surface area contributed by atoms with Crippen molar-refractivity contribution in [2.24, 2.45) is 7.05 Å². The monoisotopic (exact) mass is 589 g/mol. The first kappa shape index (κ1) is 30.4. The third-order valence-electron chi connectivity index (χ3n) is 7.06. The van der Waals surface area contributed by atoms with Gasteiger partial charge in [-0.2, -0.15) is 0 Å². The molecule has 1 amide bonds. The molecule has 10 nitrogen and oxygen atoms in total. The number of ether oxygens (including phenoxy) is 2. The molecule has 0 bridgehead atoms. The van der Waals surface area contributed by atoms with E-state index < -0.39 is 39.2 Å². The Morgan fingerprint density at radius 1 is 1.27 bits per heavy atom. The minimum Gasteiger partial charge on any atom is -0.490 e. The summed E-state index contributed by atoms with van der Waals surface area (Å²) in [7, 11) is -1.65. The molecule has 222 valence electrons. The van der Waals surface area contributed by atoms with E-state index in [1.807, 2.05) is 6.92 Å². The predicted molar refractivity (Wildman–Crippen MR) is 153 cm³/mol. The largest absolute Gasteiger partial charge is 0.490 e. The molecule has 0 unspecified atom stereocenters. The molecule has 0 fully saturated rings. The van der Waals surface area contributed by atoms with Crippen LogP contribution < -0.4 is 10.1 Å². The lowest BCUT2D eigenvalue weighted by atomic mass is 9.86. The molecule has 1 atom stereocenters. The van der Waals surface area contributed by atoms with Crippen LogP contribution in [0.15, 0.2) is 12.1 Å². The van der Waals surface area contributed by atoms with Crippen LogP contribution in [0.2, 0.25) is 0 Å². The molecule has 2 N–H and O–H groups in total. The van der Waals surface area contributed by atoms with Crippen molar-refractivity contribution >= 4 is 32.7 Å². The van der Waals surface area contributed by atoms with E-state index in [2.05, 4.69) is 10.3 Å². The molecular formula is C29H36FN3O7S.